The van der Waals surface area contributed by atoms with Gasteiger partial charge in [-0.2, -0.15) is 0 Å². The van der Waals surface area contributed by atoms with E-state index in [4.69, 9.17) is 33.2 Å². The zero-order valence-electron chi connectivity index (χ0n) is 32.9. The minimum absolute atomic E-state index is 0.0512. The van der Waals surface area contributed by atoms with E-state index in [1.807, 2.05) is 26.8 Å². The first-order chi connectivity index (χ1) is 24.8. The van der Waals surface area contributed by atoms with Gasteiger partial charge in [0.05, 0.1) is 31.0 Å². The van der Waals surface area contributed by atoms with E-state index in [1.54, 1.807) is 19.1 Å². The van der Waals surface area contributed by atoms with Crippen LogP contribution in [-0.2, 0) is 33.2 Å². The Morgan fingerprint density at radius 1 is 0.904 bits per heavy atom. The molecule has 1 aromatic rings. The molecule has 52 heavy (non-hydrogen) atoms. The molecule has 0 amide bonds. The van der Waals surface area contributed by atoms with Crippen molar-refractivity contribution in [2.75, 3.05) is 46.9 Å². The molecule has 9 nitrogen and oxygen atoms in total. The average Bonchev–Trinajstić information content (AvgIpc) is 3.43. The summed E-state index contributed by atoms with van der Waals surface area (Å²) >= 11 is 0. The van der Waals surface area contributed by atoms with Crippen molar-refractivity contribution < 1.29 is 47.8 Å². The lowest BCUT2D eigenvalue weighted by Crippen LogP contribution is -2.75. The van der Waals surface area contributed by atoms with Crippen LogP contribution in [0.3, 0.4) is 0 Å². The molecule has 10 heteroatoms. The van der Waals surface area contributed by atoms with Crippen LogP contribution in [0.5, 0.6) is 0 Å². The molecular formula is C42H65FO9. The van der Waals surface area contributed by atoms with Crippen LogP contribution in [0.1, 0.15) is 104 Å². The smallest absolute Gasteiger partial charge is 0.192 e. The Morgan fingerprint density at radius 2 is 1.62 bits per heavy atom. The van der Waals surface area contributed by atoms with Gasteiger partial charge in [-0.05, 0) is 138 Å². The van der Waals surface area contributed by atoms with E-state index in [9.17, 15) is 14.6 Å². The zero-order chi connectivity index (χ0) is 37.5. The standard InChI is InChI=1S/C42H65FO9/c1-9-47-24-40(44)28(5)51-37(41(45,25-48-10-2)36(40)46-8)52-31-16-19-38(6)29(22-31)13-15-35-34(38)17-20-39(7)33(32-23-30(43)14-12-27(32)4)18-21-42(35,39)50-26-49-11-3/h12,14,18,23,28-29,31,34-37,44-45H,9-11,13,15-17,19-22,24-26H2,1-8H3/t28-,29+,31-,34-,35+,36+,37-,38-,39+,40-,41-,42-/m0/s1. The SMILES string of the molecule is CCOCO[C@]12CC=C(c3cc(F)ccc3C)[C@@]1(C)CC[C@H]1[C@H]2CC[C@@H]2C[C@@H](O[C@@H]3O[C@@H](C)[C@@](O)(COCC)[C@@H](OC)[C@@]3(O)COCC)CC[C@@]21C. The highest BCUT2D eigenvalue weighted by Crippen LogP contribution is 2.70. The molecule has 5 aliphatic rings. The van der Waals surface area contributed by atoms with Crippen molar-refractivity contribution in [1.82, 2.24) is 0 Å². The maximum atomic E-state index is 14.7. The second-order valence-electron chi connectivity index (χ2n) is 16.8. The Bertz CT molecular complexity index is 1420. The first kappa shape index (κ1) is 40.2. The van der Waals surface area contributed by atoms with Crippen molar-refractivity contribution in [3.8, 4) is 0 Å². The highest BCUT2D eigenvalue weighted by molar-refractivity contribution is 5.76. The van der Waals surface area contributed by atoms with Gasteiger partial charge in [0, 0.05) is 32.3 Å². The molecular weight excluding hydrogens is 667 g/mol. The zero-order valence-corrected chi connectivity index (χ0v) is 32.9. The van der Waals surface area contributed by atoms with Crippen LogP contribution in [0.25, 0.3) is 5.57 Å². The molecule has 4 aliphatic carbocycles. The highest BCUT2D eigenvalue weighted by atomic mass is 19.1. The van der Waals surface area contributed by atoms with Crippen LogP contribution in [-0.4, -0.2) is 98.6 Å². The number of ether oxygens (including phenoxy) is 7. The molecule has 1 heterocycles. The molecule has 1 aliphatic heterocycles. The van der Waals surface area contributed by atoms with Crippen LogP contribution < -0.4 is 0 Å². The largest absolute Gasteiger partial charge is 0.382 e. The lowest BCUT2D eigenvalue weighted by molar-refractivity contribution is -0.386. The lowest BCUT2D eigenvalue weighted by Gasteiger charge is -2.64. The van der Waals surface area contributed by atoms with Crippen molar-refractivity contribution in [2.45, 2.75) is 141 Å². The lowest BCUT2D eigenvalue weighted by atomic mass is 9.43. The summed E-state index contributed by atoms with van der Waals surface area (Å²) in [5.74, 6) is 1.00. The van der Waals surface area contributed by atoms with Gasteiger partial charge in [0.1, 0.15) is 24.3 Å². The predicted molar refractivity (Wildman–Crippen MR) is 196 cm³/mol. The van der Waals surface area contributed by atoms with E-state index in [2.05, 4.69) is 26.8 Å². The van der Waals surface area contributed by atoms with Crippen molar-refractivity contribution in [3.63, 3.8) is 0 Å². The van der Waals surface area contributed by atoms with Crippen molar-refractivity contribution >= 4 is 5.57 Å². The number of hydrogen-bond donors (Lipinski definition) is 2. The molecule has 3 saturated carbocycles. The first-order valence-electron chi connectivity index (χ1n) is 19.9. The Balaban J connectivity index is 1.23. The fourth-order valence-electron chi connectivity index (χ4n) is 11.5. The van der Waals surface area contributed by atoms with Crippen molar-refractivity contribution in [3.05, 3.63) is 41.2 Å². The number of hydrogen-bond acceptors (Lipinski definition) is 9. The molecule has 0 radical (unpaired) electrons. The molecule has 0 bridgehead atoms. The maximum Gasteiger partial charge on any atom is 0.192 e. The van der Waals surface area contributed by atoms with E-state index in [0.717, 1.165) is 62.5 Å². The normalized spacial score (nSPS) is 43.1. The minimum Gasteiger partial charge on any atom is -0.382 e. The van der Waals surface area contributed by atoms with Gasteiger partial charge in [-0.1, -0.05) is 26.0 Å². The monoisotopic (exact) mass is 732 g/mol. The van der Waals surface area contributed by atoms with Crippen LogP contribution in [0.15, 0.2) is 24.3 Å². The third-order valence-electron chi connectivity index (χ3n) is 14.4. The van der Waals surface area contributed by atoms with Gasteiger partial charge in [0.25, 0.3) is 0 Å². The van der Waals surface area contributed by atoms with Crippen molar-refractivity contribution in [1.29, 1.82) is 0 Å². The van der Waals surface area contributed by atoms with E-state index in [1.165, 1.54) is 12.7 Å². The summed E-state index contributed by atoms with van der Waals surface area (Å²) in [4.78, 5) is 0. The Labute approximate surface area is 310 Å². The molecule has 0 unspecified atom stereocenters. The van der Waals surface area contributed by atoms with Gasteiger partial charge in [-0.15, -0.1) is 0 Å². The summed E-state index contributed by atoms with van der Waals surface area (Å²) in [6, 6.07) is 5.14. The summed E-state index contributed by atoms with van der Waals surface area (Å²) in [7, 11) is 1.49. The summed E-state index contributed by atoms with van der Waals surface area (Å²) in [6.07, 6.45) is 6.96. The van der Waals surface area contributed by atoms with Gasteiger partial charge in [-0.25, -0.2) is 4.39 Å². The molecule has 4 fully saturated rings. The van der Waals surface area contributed by atoms with Gasteiger partial charge in [0.15, 0.2) is 11.9 Å². The van der Waals surface area contributed by atoms with Crippen LogP contribution in [0.4, 0.5) is 4.39 Å². The quantitative estimate of drug-likeness (QED) is 0.119. The Hall–Kier alpha value is -1.47. The topological polar surface area (TPSA) is 105 Å². The van der Waals surface area contributed by atoms with Crippen LogP contribution in [0.2, 0.25) is 0 Å². The summed E-state index contributed by atoms with van der Waals surface area (Å²) < 4.78 is 57.9. The van der Waals surface area contributed by atoms with E-state index in [-0.39, 0.29) is 42.8 Å². The van der Waals surface area contributed by atoms with Gasteiger partial charge >= 0.3 is 0 Å². The van der Waals surface area contributed by atoms with E-state index in [0.29, 0.717) is 37.6 Å². The maximum absolute atomic E-state index is 14.7. The Morgan fingerprint density at radius 3 is 2.31 bits per heavy atom. The van der Waals surface area contributed by atoms with E-state index < -0.39 is 35.3 Å². The molecule has 1 aromatic carbocycles. The average molecular weight is 733 g/mol. The number of aliphatic hydroxyl groups is 2. The number of halogens is 1. The highest BCUT2D eigenvalue weighted by Gasteiger charge is 2.68. The number of methoxy groups -OCH3 is 1. The molecule has 2 N–H and O–H groups in total. The van der Waals surface area contributed by atoms with Gasteiger partial charge < -0.3 is 43.4 Å². The number of aryl methyl sites for hydroxylation is 1. The molecule has 0 spiro atoms. The van der Waals surface area contributed by atoms with Crippen molar-refractivity contribution in [2.24, 2.45) is 28.6 Å². The third-order valence-corrected chi connectivity index (χ3v) is 14.4. The third kappa shape index (κ3) is 6.53. The number of benzene rings is 1. The number of fused-ring (bicyclic) bond motifs is 5. The minimum atomic E-state index is -1.76. The fraction of sp³-hybridized carbons (Fsp3) is 0.810. The number of rotatable bonds is 14. The summed E-state index contributed by atoms with van der Waals surface area (Å²) in [6.45, 7) is 15.9. The molecule has 1 saturated heterocycles. The molecule has 12 atom stereocenters. The second-order valence-corrected chi connectivity index (χ2v) is 16.8. The Kier molecular flexibility index (Phi) is 12.0. The molecule has 294 valence electrons. The summed E-state index contributed by atoms with van der Waals surface area (Å²) in [5.41, 5.74) is -0.677. The van der Waals surface area contributed by atoms with E-state index >= 15 is 0 Å². The molecule has 0 aromatic heterocycles. The molecule has 6 rings (SSSR count). The predicted octanol–water partition coefficient (Wildman–Crippen LogP) is 6.98. The summed E-state index contributed by atoms with van der Waals surface area (Å²) in [5, 5.41) is 24.0. The fourth-order valence-corrected chi connectivity index (χ4v) is 11.5. The van der Waals surface area contributed by atoms with Gasteiger partial charge in [0.2, 0.25) is 0 Å². The first-order valence-corrected chi connectivity index (χ1v) is 19.9. The second kappa shape index (κ2) is 15.6. The van der Waals surface area contributed by atoms with Crippen LogP contribution in [0, 0.1) is 41.3 Å². The van der Waals surface area contributed by atoms with Gasteiger partial charge in [-0.3, -0.25) is 0 Å². The van der Waals surface area contributed by atoms with Crippen LogP contribution >= 0.6 is 0 Å².